The number of hydrogen-bond donors (Lipinski definition) is 2. The summed E-state index contributed by atoms with van der Waals surface area (Å²) in [4.78, 5) is 12.0. The monoisotopic (exact) mass is 322 g/mol. The second-order valence-electron chi connectivity index (χ2n) is 4.22. The number of carbonyl (C=O) groups is 1. The Kier molecular flexibility index (Phi) is 4.39. The molecule has 0 aliphatic rings. The predicted molar refractivity (Wildman–Crippen MR) is 76.6 cm³/mol. The maximum Gasteiger partial charge on any atom is 0.287 e. The molecule has 1 heterocycles. The van der Waals surface area contributed by atoms with Crippen LogP contribution in [0.2, 0.25) is 0 Å². The molecule has 3 N–H and O–H groups in total. The van der Waals surface area contributed by atoms with Crippen LogP contribution in [0.1, 0.15) is 34.8 Å². The van der Waals surface area contributed by atoms with Crippen molar-refractivity contribution in [2.75, 3.05) is 0 Å². The van der Waals surface area contributed by atoms with Gasteiger partial charge in [0.25, 0.3) is 5.91 Å². The molecule has 1 aromatic heterocycles. The number of rotatable bonds is 4. The van der Waals surface area contributed by atoms with E-state index >= 15 is 0 Å². The summed E-state index contributed by atoms with van der Waals surface area (Å²) in [6.45, 7) is 2.21. The van der Waals surface area contributed by atoms with Crippen molar-refractivity contribution in [1.29, 1.82) is 0 Å². The summed E-state index contributed by atoms with van der Waals surface area (Å²) in [5.41, 5.74) is 6.46. The maximum absolute atomic E-state index is 12.0. The van der Waals surface area contributed by atoms with Crippen LogP contribution in [0.15, 0.2) is 45.3 Å². The lowest BCUT2D eigenvalue weighted by molar-refractivity contribution is 0.0910. The molecule has 1 amide bonds. The van der Waals surface area contributed by atoms with E-state index in [4.69, 9.17) is 10.2 Å². The molecular formula is C14H15BrN2O2. The SMILES string of the molecule is C[C@@H](NC(=O)c1ccc(CN)o1)c1cccc(Br)c1. The Bertz CT molecular complexity index is 580. The summed E-state index contributed by atoms with van der Waals surface area (Å²) in [5.74, 6) is 0.634. The van der Waals surface area contributed by atoms with Gasteiger partial charge in [-0.2, -0.15) is 0 Å². The van der Waals surface area contributed by atoms with Gasteiger partial charge < -0.3 is 15.5 Å². The quantitative estimate of drug-likeness (QED) is 0.909. The average Bonchev–Trinajstić information content (AvgIpc) is 2.87. The standard InChI is InChI=1S/C14H15BrN2O2/c1-9(10-3-2-4-11(15)7-10)17-14(18)13-6-5-12(8-16)19-13/h2-7,9H,8,16H2,1H3,(H,17,18)/t9-/m1/s1. The van der Waals surface area contributed by atoms with Gasteiger partial charge in [0.05, 0.1) is 12.6 Å². The van der Waals surface area contributed by atoms with Crippen LogP contribution in [0.4, 0.5) is 0 Å². The second kappa shape index (κ2) is 6.04. The number of halogens is 1. The fourth-order valence-electron chi connectivity index (χ4n) is 1.74. The molecule has 0 bridgehead atoms. The van der Waals surface area contributed by atoms with Crippen LogP contribution in [0, 0.1) is 0 Å². The third-order valence-electron chi connectivity index (χ3n) is 2.78. The Morgan fingerprint density at radius 1 is 1.42 bits per heavy atom. The summed E-state index contributed by atoms with van der Waals surface area (Å²) in [5, 5.41) is 2.88. The minimum absolute atomic E-state index is 0.101. The van der Waals surface area contributed by atoms with Gasteiger partial charge in [0.2, 0.25) is 0 Å². The highest BCUT2D eigenvalue weighted by molar-refractivity contribution is 9.10. The number of amides is 1. The third-order valence-corrected chi connectivity index (χ3v) is 3.28. The predicted octanol–water partition coefficient (Wildman–Crippen LogP) is 2.99. The molecule has 1 atom stereocenters. The molecule has 19 heavy (non-hydrogen) atoms. The van der Waals surface area contributed by atoms with Gasteiger partial charge in [-0.15, -0.1) is 0 Å². The molecule has 0 unspecified atom stereocenters. The van der Waals surface area contributed by atoms with E-state index in [1.807, 2.05) is 31.2 Å². The van der Waals surface area contributed by atoms with Gasteiger partial charge >= 0.3 is 0 Å². The average molecular weight is 323 g/mol. The Labute approximate surface area is 120 Å². The van der Waals surface area contributed by atoms with Gasteiger partial charge in [0.1, 0.15) is 5.76 Å². The first-order valence-electron chi connectivity index (χ1n) is 5.95. The van der Waals surface area contributed by atoms with Gasteiger partial charge in [-0.3, -0.25) is 4.79 Å². The van der Waals surface area contributed by atoms with Crippen molar-refractivity contribution >= 4 is 21.8 Å². The molecule has 0 radical (unpaired) electrons. The minimum Gasteiger partial charge on any atom is -0.455 e. The third kappa shape index (κ3) is 3.45. The summed E-state index contributed by atoms with van der Waals surface area (Å²) >= 11 is 3.41. The van der Waals surface area contributed by atoms with Crippen molar-refractivity contribution < 1.29 is 9.21 Å². The van der Waals surface area contributed by atoms with E-state index in [-0.39, 0.29) is 24.3 Å². The molecule has 4 nitrogen and oxygen atoms in total. The summed E-state index contributed by atoms with van der Waals surface area (Å²) in [7, 11) is 0. The summed E-state index contributed by atoms with van der Waals surface area (Å²) in [6.07, 6.45) is 0. The van der Waals surface area contributed by atoms with Crippen LogP contribution >= 0.6 is 15.9 Å². The Morgan fingerprint density at radius 2 is 2.21 bits per heavy atom. The van der Waals surface area contributed by atoms with Crippen LogP contribution in [0.3, 0.4) is 0 Å². The van der Waals surface area contributed by atoms with Crippen molar-refractivity contribution in [3.63, 3.8) is 0 Å². The van der Waals surface area contributed by atoms with Crippen molar-refractivity contribution in [1.82, 2.24) is 5.32 Å². The van der Waals surface area contributed by atoms with Gasteiger partial charge in [-0.25, -0.2) is 0 Å². The van der Waals surface area contributed by atoms with Crippen LogP contribution in [0.5, 0.6) is 0 Å². The van der Waals surface area contributed by atoms with Gasteiger partial charge in [0, 0.05) is 4.47 Å². The first-order chi connectivity index (χ1) is 9.10. The molecule has 2 aromatic rings. The van der Waals surface area contributed by atoms with Crippen LogP contribution in [-0.2, 0) is 6.54 Å². The molecule has 100 valence electrons. The lowest BCUT2D eigenvalue weighted by Crippen LogP contribution is -2.26. The first-order valence-corrected chi connectivity index (χ1v) is 6.74. The fourth-order valence-corrected chi connectivity index (χ4v) is 2.15. The van der Waals surface area contributed by atoms with E-state index in [1.54, 1.807) is 12.1 Å². The van der Waals surface area contributed by atoms with Crippen molar-refractivity contribution in [2.24, 2.45) is 5.73 Å². The number of nitrogens with two attached hydrogens (primary N) is 1. The number of nitrogens with one attached hydrogen (secondary N) is 1. The van der Waals surface area contributed by atoms with E-state index in [0.717, 1.165) is 10.0 Å². The molecule has 1 aromatic carbocycles. The molecule has 0 aliphatic heterocycles. The second-order valence-corrected chi connectivity index (χ2v) is 5.14. The van der Waals surface area contributed by atoms with Crippen molar-refractivity contribution in [3.8, 4) is 0 Å². The normalized spacial score (nSPS) is 12.2. The molecule has 0 saturated carbocycles. The van der Waals surface area contributed by atoms with Crippen LogP contribution in [-0.4, -0.2) is 5.91 Å². The van der Waals surface area contributed by atoms with E-state index < -0.39 is 0 Å². The van der Waals surface area contributed by atoms with Gasteiger partial charge in [-0.1, -0.05) is 28.1 Å². The number of hydrogen-bond acceptors (Lipinski definition) is 3. The van der Waals surface area contributed by atoms with E-state index in [1.165, 1.54) is 0 Å². The highest BCUT2D eigenvalue weighted by Gasteiger charge is 2.14. The lowest BCUT2D eigenvalue weighted by Gasteiger charge is -2.13. The molecule has 0 fully saturated rings. The Hall–Kier alpha value is -1.59. The minimum atomic E-state index is -0.243. The largest absolute Gasteiger partial charge is 0.455 e. The highest BCUT2D eigenvalue weighted by atomic mass is 79.9. The Morgan fingerprint density at radius 3 is 2.84 bits per heavy atom. The van der Waals surface area contributed by atoms with E-state index in [9.17, 15) is 4.79 Å². The zero-order chi connectivity index (χ0) is 13.8. The van der Waals surface area contributed by atoms with E-state index in [2.05, 4.69) is 21.2 Å². The summed E-state index contributed by atoms with van der Waals surface area (Å²) in [6, 6.07) is 11.0. The van der Waals surface area contributed by atoms with Gasteiger partial charge in [-0.05, 0) is 36.8 Å². The fraction of sp³-hybridized carbons (Fsp3) is 0.214. The zero-order valence-corrected chi connectivity index (χ0v) is 12.1. The molecule has 0 saturated heterocycles. The van der Waals surface area contributed by atoms with Crippen molar-refractivity contribution in [3.05, 3.63) is 58.0 Å². The number of benzene rings is 1. The molecule has 2 rings (SSSR count). The number of furan rings is 1. The lowest BCUT2D eigenvalue weighted by atomic mass is 10.1. The zero-order valence-electron chi connectivity index (χ0n) is 10.5. The molecule has 5 heteroatoms. The topological polar surface area (TPSA) is 68.3 Å². The molecule has 0 spiro atoms. The smallest absolute Gasteiger partial charge is 0.287 e. The molecular weight excluding hydrogens is 308 g/mol. The number of carbonyl (C=O) groups excluding carboxylic acids is 1. The Balaban J connectivity index is 2.06. The maximum atomic E-state index is 12.0. The van der Waals surface area contributed by atoms with Crippen LogP contribution < -0.4 is 11.1 Å². The first kappa shape index (κ1) is 13.8. The van der Waals surface area contributed by atoms with Crippen molar-refractivity contribution in [2.45, 2.75) is 19.5 Å². The van der Waals surface area contributed by atoms with E-state index in [0.29, 0.717) is 5.76 Å². The highest BCUT2D eigenvalue weighted by Crippen LogP contribution is 2.18. The van der Waals surface area contributed by atoms with Crippen LogP contribution in [0.25, 0.3) is 0 Å². The molecule has 0 aliphatic carbocycles. The van der Waals surface area contributed by atoms with Gasteiger partial charge in [0.15, 0.2) is 5.76 Å². The summed E-state index contributed by atoms with van der Waals surface area (Å²) < 4.78 is 6.29.